The Labute approximate surface area is 199 Å². The van der Waals surface area contributed by atoms with Crippen molar-refractivity contribution in [1.82, 2.24) is 0 Å². The third-order valence-electron chi connectivity index (χ3n) is 4.38. The van der Waals surface area contributed by atoms with E-state index in [1.807, 2.05) is 5.32 Å². The summed E-state index contributed by atoms with van der Waals surface area (Å²) in [5, 5.41) is 10.7. The van der Waals surface area contributed by atoms with E-state index in [4.69, 9.17) is 10.8 Å². The Balaban J connectivity index is 0.00000300. The van der Waals surface area contributed by atoms with Crippen LogP contribution >= 0.6 is 0 Å². The van der Waals surface area contributed by atoms with Gasteiger partial charge in [-0.1, -0.05) is 24.3 Å². The second kappa shape index (κ2) is 9.42. The maximum Gasteiger partial charge on any atom is 0.350 e. The van der Waals surface area contributed by atoms with Crippen LogP contribution in [0.1, 0.15) is 11.1 Å². The fraction of sp³-hybridized carbons (Fsp3) is 0.150. The number of nitrogen functional groups attached to an aromatic ring is 1. The molecule has 3 aromatic carbocycles. The Hall–Kier alpha value is -1.69. The van der Waals surface area contributed by atoms with Crippen LogP contribution in [0.15, 0.2) is 48.5 Å². The zero-order valence-corrected chi connectivity index (χ0v) is 19.8. The molecule has 29 heavy (non-hydrogen) atoms. The van der Waals surface area contributed by atoms with E-state index in [9.17, 15) is 22.4 Å². The Morgan fingerprint density at radius 2 is 1.69 bits per heavy atom. The van der Waals surface area contributed by atoms with Gasteiger partial charge in [-0.3, -0.25) is 4.79 Å². The van der Waals surface area contributed by atoms with Gasteiger partial charge in [0, 0.05) is 79.3 Å². The number of aliphatic hydroxyl groups excluding tert-OH is 1. The van der Waals surface area contributed by atoms with Crippen molar-refractivity contribution in [3.8, 4) is 0 Å². The maximum atomic E-state index is 14.8. The molecule has 149 valence electrons. The Bertz CT molecular complexity index is 1060. The van der Waals surface area contributed by atoms with Crippen molar-refractivity contribution in [1.29, 1.82) is 0 Å². The summed E-state index contributed by atoms with van der Waals surface area (Å²) in [7, 11) is 0. The van der Waals surface area contributed by atoms with Crippen LogP contribution in [0.25, 0.3) is 10.8 Å². The van der Waals surface area contributed by atoms with Crippen LogP contribution in [-0.4, -0.2) is 17.6 Å². The molecule has 1 radical (unpaired) electrons. The largest absolute Gasteiger partial charge is 0.398 e. The van der Waals surface area contributed by atoms with Gasteiger partial charge in [-0.15, -0.1) is 0 Å². The number of fused-ring (bicyclic) bond motifs is 1. The quantitative estimate of drug-likeness (QED) is 0.299. The molecule has 3 rings (SSSR count). The van der Waals surface area contributed by atoms with Crippen LogP contribution in [0.2, 0.25) is 0 Å². The summed E-state index contributed by atoms with van der Waals surface area (Å²) >= 11 is 0. The number of hydrogen-bond donors (Lipinski definition) is 3. The van der Waals surface area contributed by atoms with Gasteiger partial charge in [0.25, 0.3) is 5.91 Å². The van der Waals surface area contributed by atoms with Gasteiger partial charge in [-0.25, -0.2) is 8.78 Å². The molecule has 0 aliphatic rings. The Morgan fingerprint density at radius 1 is 1.03 bits per heavy atom. The number of hydrogen-bond acceptors (Lipinski definition) is 3. The van der Waals surface area contributed by atoms with Crippen molar-refractivity contribution in [2.24, 2.45) is 0 Å². The standard InChI is InChI=1S/C20H16F4N2O2.Ac/c21-15-6-5-14(11-3-1-2-4-12(11)15)20(23,24)19(28)26-17-8-7-16(25)13(9-10-27)18(17)22;/h1-8,27H,9-10,25H2,(H,26,28);. The van der Waals surface area contributed by atoms with Crippen molar-refractivity contribution < 1.29 is 71.5 Å². The number of halogens is 4. The maximum absolute atomic E-state index is 14.8. The minimum absolute atomic E-state index is 0. The van der Waals surface area contributed by atoms with Gasteiger partial charge in [0.15, 0.2) is 5.82 Å². The molecular weight excluding hydrogens is 603 g/mol. The number of rotatable bonds is 5. The summed E-state index contributed by atoms with van der Waals surface area (Å²) in [5.74, 6) is -7.53. The monoisotopic (exact) mass is 619 g/mol. The zero-order valence-electron chi connectivity index (χ0n) is 15.1. The van der Waals surface area contributed by atoms with Crippen molar-refractivity contribution in [2.75, 3.05) is 17.7 Å². The fourth-order valence-corrected chi connectivity index (χ4v) is 2.96. The summed E-state index contributed by atoms with van der Waals surface area (Å²) < 4.78 is 58.0. The van der Waals surface area contributed by atoms with Crippen molar-refractivity contribution in [3.05, 3.63) is 71.3 Å². The number of aliphatic hydroxyl groups is 1. The normalized spacial score (nSPS) is 11.2. The van der Waals surface area contributed by atoms with Gasteiger partial charge in [0.05, 0.1) is 5.69 Å². The predicted octanol–water partition coefficient (Wildman–Crippen LogP) is 3.97. The van der Waals surface area contributed by atoms with Gasteiger partial charge in [0.2, 0.25) is 0 Å². The second-order valence-corrected chi connectivity index (χ2v) is 6.14. The van der Waals surface area contributed by atoms with E-state index in [2.05, 4.69) is 0 Å². The Kier molecular flexibility index (Phi) is 7.66. The first kappa shape index (κ1) is 23.6. The molecule has 4 N–H and O–H groups in total. The summed E-state index contributed by atoms with van der Waals surface area (Å²) in [6.07, 6.45) is -0.139. The molecule has 3 aromatic rings. The fourth-order valence-electron chi connectivity index (χ4n) is 2.96. The van der Waals surface area contributed by atoms with Gasteiger partial charge in [-0.05, 0) is 29.7 Å². The van der Waals surface area contributed by atoms with Crippen LogP contribution in [-0.2, 0) is 17.1 Å². The molecule has 0 unspecified atom stereocenters. The van der Waals surface area contributed by atoms with Crippen molar-refractivity contribution in [3.63, 3.8) is 0 Å². The molecule has 0 bridgehead atoms. The zero-order chi connectivity index (χ0) is 20.5. The summed E-state index contributed by atoms with van der Waals surface area (Å²) in [6, 6.07) is 9.51. The molecule has 0 spiro atoms. The van der Waals surface area contributed by atoms with E-state index >= 15 is 0 Å². The average molecular weight is 619 g/mol. The van der Waals surface area contributed by atoms with E-state index in [1.54, 1.807) is 0 Å². The van der Waals surface area contributed by atoms with Gasteiger partial charge in [-0.2, -0.15) is 8.78 Å². The number of nitrogens with one attached hydrogen (secondary N) is 1. The van der Waals surface area contributed by atoms with E-state index in [0.29, 0.717) is 0 Å². The van der Waals surface area contributed by atoms with Crippen LogP contribution in [0.5, 0.6) is 0 Å². The minimum atomic E-state index is -4.06. The molecule has 0 fully saturated rings. The van der Waals surface area contributed by atoms with Crippen molar-refractivity contribution in [2.45, 2.75) is 12.3 Å². The van der Waals surface area contributed by atoms with E-state index in [1.165, 1.54) is 30.3 Å². The number of alkyl halides is 2. The summed E-state index contributed by atoms with van der Waals surface area (Å²) in [4.78, 5) is 12.3. The van der Waals surface area contributed by atoms with Crippen LogP contribution in [0, 0.1) is 55.7 Å². The number of benzene rings is 3. The second-order valence-electron chi connectivity index (χ2n) is 6.14. The molecule has 1 amide bonds. The SMILES string of the molecule is Nc1ccc(NC(=O)C(F)(F)c2ccc(F)c3ccccc23)c(F)c1CCO.[Ac]. The number of anilines is 2. The first-order valence-electron chi connectivity index (χ1n) is 8.32. The first-order valence-corrected chi connectivity index (χ1v) is 8.32. The molecule has 0 aromatic heterocycles. The third-order valence-corrected chi connectivity index (χ3v) is 4.38. The summed E-state index contributed by atoms with van der Waals surface area (Å²) in [6.45, 7) is -0.406. The smallest absolute Gasteiger partial charge is 0.350 e. The first-order chi connectivity index (χ1) is 13.3. The molecule has 0 heterocycles. The predicted molar refractivity (Wildman–Crippen MR) is 98.0 cm³/mol. The molecule has 0 atom stereocenters. The average Bonchev–Trinajstić information content (AvgIpc) is 2.67. The molecule has 0 saturated heterocycles. The number of carbonyl (C=O) groups excluding carboxylic acids is 1. The Morgan fingerprint density at radius 3 is 2.34 bits per heavy atom. The molecule has 0 aliphatic heterocycles. The number of carbonyl (C=O) groups is 1. The van der Waals surface area contributed by atoms with Gasteiger partial charge in [0.1, 0.15) is 5.82 Å². The molecular formula is C20H16AcF4N2O2. The molecule has 9 heteroatoms. The van der Waals surface area contributed by atoms with E-state index in [0.717, 1.165) is 18.2 Å². The molecule has 0 saturated carbocycles. The molecule has 4 nitrogen and oxygen atoms in total. The van der Waals surface area contributed by atoms with Crippen LogP contribution in [0.4, 0.5) is 28.9 Å². The third kappa shape index (κ3) is 4.57. The van der Waals surface area contributed by atoms with E-state index < -0.39 is 41.3 Å². The number of nitrogens with two attached hydrogens (primary N) is 1. The van der Waals surface area contributed by atoms with Crippen molar-refractivity contribution >= 4 is 28.1 Å². The van der Waals surface area contributed by atoms with Gasteiger partial charge < -0.3 is 16.2 Å². The minimum Gasteiger partial charge on any atom is -0.398 e. The number of amides is 1. The van der Waals surface area contributed by atoms with E-state index in [-0.39, 0.29) is 72.5 Å². The topological polar surface area (TPSA) is 75.3 Å². The molecule has 0 aliphatic carbocycles. The summed E-state index contributed by atoms with van der Waals surface area (Å²) in [5.41, 5.74) is 4.36. The van der Waals surface area contributed by atoms with Gasteiger partial charge >= 0.3 is 5.92 Å². The van der Waals surface area contributed by atoms with Crippen LogP contribution < -0.4 is 11.1 Å². The van der Waals surface area contributed by atoms with Crippen LogP contribution in [0.3, 0.4) is 0 Å².